The number of hydrogen-bond donors (Lipinski definition) is 1. The average Bonchev–Trinajstić information content (AvgIpc) is 2.43. The third-order valence-electron chi connectivity index (χ3n) is 3.11. The van der Waals surface area contributed by atoms with Crippen molar-refractivity contribution in [3.63, 3.8) is 0 Å². The van der Waals surface area contributed by atoms with Crippen LogP contribution in [-0.2, 0) is 10.0 Å². The van der Waals surface area contributed by atoms with Crippen LogP contribution >= 0.6 is 15.9 Å². The lowest BCUT2D eigenvalue weighted by Crippen LogP contribution is -2.25. The van der Waals surface area contributed by atoms with Gasteiger partial charge in [0.2, 0.25) is 10.0 Å². The molecule has 2 aromatic carbocycles. The molecule has 2 aromatic rings. The fourth-order valence-corrected chi connectivity index (χ4v) is 3.72. The molecule has 0 spiro atoms. The maximum atomic E-state index is 12.4. The van der Waals surface area contributed by atoms with Gasteiger partial charge in [0.1, 0.15) is 0 Å². The summed E-state index contributed by atoms with van der Waals surface area (Å²) in [6.07, 6.45) is 1.76. The van der Waals surface area contributed by atoms with E-state index in [1.54, 1.807) is 12.1 Å². The van der Waals surface area contributed by atoms with Crippen molar-refractivity contribution in [2.75, 3.05) is 6.54 Å². The lowest BCUT2D eigenvalue weighted by Gasteiger charge is -2.10. The predicted molar refractivity (Wildman–Crippen MR) is 86.8 cm³/mol. The molecule has 0 aliphatic heterocycles. The van der Waals surface area contributed by atoms with Crippen molar-refractivity contribution in [3.8, 4) is 0 Å². The second-order valence-electron chi connectivity index (χ2n) is 4.80. The van der Waals surface area contributed by atoms with Gasteiger partial charge in [-0.2, -0.15) is 0 Å². The van der Waals surface area contributed by atoms with E-state index in [1.807, 2.05) is 30.3 Å². The third-order valence-corrected chi connectivity index (χ3v) is 5.09. The van der Waals surface area contributed by atoms with E-state index in [9.17, 15) is 8.42 Å². The molecule has 0 heterocycles. The molecule has 3 nitrogen and oxygen atoms in total. The number of nitrogens with one attached hydrogen (secondary N) is 1. The lowest BCUT2D eigenvalue weighted by molar-refractivity contribution is 0.577. The van der Waals surface area contributed by atoms with E-state index in [0.717, 1.165) is 23.6 Å². The van der Waals surface area contributed by atoms with Crippen LogP contribution in [0.3, 0.4) is 0 Å². The molecule has 0 bridgehead atoms. The molecule has 1 atom stereocenters. The van der Waals surface area contributed by atoms with Gasteiger partial charge in [-0.3, -0.25) is 0 Å². The Kier molecular flexibility index (Phi) is 5.18. The normalized spacial score (nSPS) is 13.5. The highest BCUT2D eigenvalue weighted by molar-refractivity contribution is 9.09. The van der Waals surface area contributed by atoms with Gasteiger partial charge in [-0.05, 0) is 24.3 Å². The van der Waals surface area contributed by atoms with Crippen molar-refractivity contribution in [1.82, 2.24) is 4.72 Å². The van der Waals surface area contributed by atoms with Crippen LogP contribution in [0.5, 0.6) is 0 Å². The summed E-state index contributed by atoms with van der Waals surface area (Å²) in [5, 5.41) is 1.70. The van der Waals surface area contributed by atoms with Crippen LogP contribution < -0.4 is 4.72 Å². The van der Waals surface area contributed by atoms with Crippen molar-refractivity contribution in [3.05, 3.63) is 42.5 Å². The molecule has 20 heavy (non-hydrogen) atoms. The molecule has 108 valence electrons. The first-order valence-corrected chi connectivity index (χ1v) is 9.02. The molecular formula is C15H18BrNO2S. The zero-order chi connectivity index (χ0) is 14.6. The molecule has 0 amide bonds. The SMILES string of the molecule is CC(Br)CCCNS(=O)(=O)c1cccc2ccccc12. The number of alkyl halides is 1. The van der Waals surface area contributed by atoms with Crippen molar-refractivity contribution >= 4 is 36.7 Å². The topological polar surface area (TPSA) is 46.2 Å². The van der Waals surface area contributed by atoms with Crippen LogP contribution in [0.1, 0.15) is 19.8 Å². The molecule has 0 aromatic heterocycles. The van der Waals surface area contributed by atoms with Gasteiger partial charge < -0.3 is 0 Å². The molecule has 0 aliphatic carbocycles. The van der Waals surface area contributed by atoms with Crippen LogP contribution in [-0.4, -0.2) is 19.8 Å². The van der Waals surface area contributed by atoms with E-state index < -0.39 is 10.0 Å². The van der Waals surface area contributed by atoms with E-state index in [2.05, 4.69) is 27.6 Å². The Morgan fingerprint density at radius 1 is 1.15 bits per heavy atom. The van der Waals surface area contributed by atoms with Crippen LogP contribution in [0.4, 0.5) is 0 Å². The number of sulfonamides is 1. The Morgan fingerprint density at radius 3 is 2.60 bits per heavy atom. The summed E-state index contributed by atoms with van der Waals surface area (Å²) in [7, 11) is -3.45. The van der Waals surface area contributed by atoms with Gasteiger partial charge in [0, 0.05) is 16.8 Å². The van der Waals surface area contributed by atoms with Crippen molar-refractivity contribution < 1.29 is 8.42 Å². The maximum absolute atomic E-state index is 12.4. The van der Waals surface area contributed by atoms with Gasteiger partial charge in [0.05, 0.1) is 4.90 Å². The first kappa shape index (κ1) is 15.5. The minimum absolute atomic E-state index is 0.350. The van der Waals surface area contributed by atoms with E-state index in [1.165, 1.54) is 0 Å². The van der Waals surface area contributed by atoms with Crippen molar-refractivity contribution in [2.24, 2.45) is 0 Å². The fourth-order valence-electron chi connectivity index (χ4n) is 2.10. The summed E-state index contributed by atoms with van der Waals surface area (Å²) in [6.45, 7) is 2.51. The molecule has 0 radical (unpaired) electrons. The minimum Gasteiger partial charge on any atom is -0.211 e. The van der Waals surface area contributed by atoms with E-state index in [4.69, 9.17) is 0 Å². The summed E-state index contributed by atoms with van der Waals surface area (Å²) in [4.78, 5) is 0.757. The highest BCUT2D eigenvalue weighted by atomic mass is 79.9. The number of fused-ring (bicyclic) bond motifs is 1. The number of benzene rings is 2. The van der Waals surface area contributed by atoms with Crippen LogP contribution in [0.2, 0.25) is 0 Å². The zero-order valence-corrected chi connectivity index (χ0v) is 13.7. The lowest BCUT2D eigenvalue weighted by atomic mass is 10.1. The second-order valence-corrected chi connectivity index (χ2v) is 8.10. The maximum Gasteiger partial charge on any atom is 0.241 e. The average molecular weight is 356 g/mol. The summed E-state index contributed by atoms with van der Waals surface area (Å²) in [6, 6.07) is 12.9. The first-order valence-electron chi connectivity index (χ1n) is 6.62. The molecule has 1 unspecified atom stereocenters. The van der Waals surface area contributed by atoms with Gasteiger partial charge in [-0.25, -0.2) is 13.1 Å². The van der Waals surface area contributed by atoms with E-state index in [0.29, 0.717) is 16.3 Å². The van der Waals surface area contributed by atoms with E-state index >= 15 is 0 Å². The Hall–Kier alpha value is -0.910. The number of halogens is 1. The Morgan fingerprint density at radius 2 is 1.85 bits per heavy atom. The Bertz CT molecular complexity index is 678. The molecule has 0 saturated carbocycles. The summed E-state index contributed by atoms with van der Waals surface area (Å²) >= 11 is 3.46. The molecule has 0 fully saturated rings. The monoisotopic (exact) mass is 355 g/mol. The third kappa shape index (κ3) is 3.81. The molecule has 1 N–H and O–H groups in total. The van der Waals surface area contributed by atoms with Crippen LogP contribution in [0.25, 0.3) is 10.8 Å². The van der Waals surface area contributed by atoms with Gasteiger partial charge in [-0.15, -0.1) is 0 Å². The van der Waals surface area contributed by atoms with Crippen molar-refractivity contribution in [2.45, 2.75) is 29.5 Å². The largest absolute Gasteiger partial charge is 0.241 e. The molecule has 2 rings (SSSR count). The molecular weight excluding hydrogens is 338 g/mol. The fraction of sp³-hybridized carbons (Fsp3) is 0.333. The smallest absolute Gasteiger partial charge is 0.211 e. The highest BCUT2D eigenvalue weighted by Crippen LogP contribution is 2.22. The van der Waals surface area contributed by atoms with Gasteiger partial charge in [-0.1, -0.05) is 59.3 Å². The summed E-state index contributed by atoms with van der Waals surface area (Å²) in [5.74, 6) is 0. The van der Waals surface area contributed by atoms with Crippen molar-refractivity contribution in [1.29, 1.82) is 0 Å². The second kappa shape index (κ2) is 6.70. The standard InChI is InChI=1S/C15H18BrNO2S/c1-12(16)6-5-11-17-20(18,19)15-10-4-8-13-7-2-3-9-14(13)15/h2-4,7-10,12,17H,5-6,11H2,1H3. The van der Waals surface area contributed by atoms with Gasteiger partial charge >= 0.3 is 0 Å². The highest BCUT2D eigenvalue weighted by Gasteiger charge is 2.16. The minimum atomic E-state index is -3.45. The van der Waals surface area contributed by atoms with E-state index in [-0.39, 0.29) is 0 Å². The Labute approximate surface area is 128 Å². The van der Waals surface area contributed by atoms with Gasteiger partial charge in [0.15, 0.2) is 0 Å². The number of hydrogen-bond acceptors (Lipinski definition) is 2. The zero-order valence-electron chi connectivity index (χ0n) is 11.3. The first-order chi connectivity index (χ1) is 9.50. The summed E-state index contributed by atoms with van der Waals surface area (Å²) < 4.78 is 27.4. The predicted octanol–water partition coefficient (Wildman–Crippen LogP) is 3.68. The quantitative estimate of drug-likeness (QED) is 0.634. The molecule has 0 aliphatic rings. The van der Waals surface area contributed by atoms with Crippen LogP contribution in [0, 0.1) is 0 Å². The molecule has 0 saturated heterocycles. The number of rotatable bonds is 6. The summed E-state index contributed by atoms with van der Waals surface area (Å²) in [5.41, 5.74) is 0. The van der Waals surface area contributed by atoms with Gasteiger partial charge in [0.25, 0.3) is 0 Å². The Balaban J connectivity index is 2.19. The van der Waals surface area contributed by atoms with Crippen LogP contribution in [0.15, 0.2) is 47.4 Å². The molecule has 5 heteroatoms.